The highest BCUT2D eigenvalue weighted by molar-refractivity contribution is 5.77. The first-order chi connectivity index (χ1) is 11.8. The topological polar surface area (TPSA) is 125 Å². The fourth-order valence-electron chi connectivity index (χ4n) is 3.63. The summed E-state index contributed by atoms with van der Waals surface area (Å²) >= 11 is 0. The van der Waals surface area contributed by atoms with Crippen molar-refractivity contribution in [3.8, 4) is 11.5 Å². The van der Waals surface area contributed by atoms with Crippen LogP contribution in [0.5, 0.6) is 11.5 Å². The largest absolute Gasteiger partial charge is 0.504 e. The monoisotopic (exact) mass is 348 g/mol. The molecular formula is C17H20N2O6. The van der Waals surface area contributed by atoms with E-state index < -0.39 is 23.4 Å². The van der Waals surface area contributed by atoms with E-state index in [1.54, 1.807) is 12.1 Å². The number of rotatable bonds is 3. The minimum atomic E-state index is -1.43. The SMILES string of the molecule is COC(=O)[C@H]1[C@H](c2ccc(O)c(OC)c2)c2c([nH][nH]c2=O)C[C@@]1(C)O. The maximum absolute atomic E-state index is 12.4. The van der Waals surface area contributed by atoms with Crippen LogP contribution in [0.2, 0.25) is 0 Å². The van der Waals surface area contributed by atoms with Gasteiger partial charge in [0, 0.05) is 23.6 Å². The number of carbonyl (C=O) groups is 1. The van der Waals surface area contributed by atoms with E-state index in [-0.39, 0.29) is 23.5 Å². The second kappa shape index (κ2) is 5.96. The number of hydrogen-bond donors (Lipinski definition) is 4. The zero-order valence-corrected chi connectivity index (χ0v) is 14.1. The van der Waals surface area contributed by atoms with E-state index in [0.717, 1.165) is 0 Å². The van der Waals surface area contributed by atoms with E-state index in [4.69, 9.17) is 9.47 Å². The van der Waals surface area contributed by atoms with Gasteiger partial charge in [0.1, 0.15) is 0 Å². The van der Waals surface area contributed by atoms with Crippen molar-refractivity contribution in [2.45, 2.75) is 24.9 Å². The minimum Gasteiger partial charge on any atom is -0.504 e. The molecule has 0 unspecified atom stereocenters. The first kappa shape index (κ1) is 17.1. The van der Waals surface area contributed by atoms with E-state index in [1.807, 2.05) is 0 Å². The van der Waals surface area contributed by atoms with Crippen LogP contribution in [0.15, 0.2) is 23.0 Å². The van der Waals surface area contributed by atoms with Gasteiger partial charge < -0.3 is 24.8 Å². The predicted molar refractivity (Wildman–Crippen MR) is 87.7 cm³/mol. The number of fused-ring (bicyclic) bond motifs is 1. The molecule has 1 aromatic heterocycles. The number of methoxy groups -OCH3 is 2. The number of aromatic amines is 2. The third kappa shape index (κ3) is 2.68. The lowest BCUT2D eigenvalue weighted by Gasteiger charge is -2.40. The number of aromatic nitrogens is 2. The molecule has 1 aliphatic rings. The van der Waals surface area contributed by atoms with Crippen LogP contribution in [-0.2, 0) is 16.0 Å². The summed E-state index contributed by atoms with van der Waals surface area (Å²) in [7, 11) is 2.64. The lowest BCUT2D eigenvalue weighted by Crippen LogP contribution is -2.49. The fourth-order valence-corrected chi connectivity index (χ4v) is 3.63. The standard InChI is InChI=1S/C17H20N2O6/c1-17(23)7-9-13(15(21)19-18-9)12(14(17)16(22)25-3)8-4-5-10(20)11(6-8)24-2/h4-6,12,14,20,23H,7H2,1-3H3,(H2,18,19,21)/t12-,14-,17-/m1/s1. The molecule has 0 spiro atoms. The summed E-state index contributed by atoms with van der Waals surface area (Å²) < 4.78 is 10.0. The van der Waals surface area contributed by atoms with Gasteiger partial charge in [0.15, 0.2) is 11.5 Å². The molecule has 4 N–H and O–H groups in total. The van der Waals surface area contributed by atoms with Gasteiger partial charge in [-0.15, -0.1) is 0 Å². The van der Waals surface area contributed by atoms with Gasteiger partial charge in [-0.3, -0.25) is 14.7 Å². The summed E-state index contributed by atoms with van der Waals surface area (Å²) in [5, 5.41) is 26.0. The van der Waals surface area contributed by atoms with Gasteiger partial charge in [-0.2, -0.15) is 0 Å². The molecule has 0 bridgehead atoms. The van der Waals surface area contributed by atoms with E-state index in [1.165, 1.54) is 27.2 Å². The van der Waals surface area contributed by atoms with Crippen LogP contribution in [-0.4, -0.2) is 46.2 Å². The summed E-state index contributed by atoms with van der Waals surface area (Å²) in [5.41, 5.74) is -0.337. The molecule has 8 heteroatoms. The highest BCUT2D eigenvalue weighted by Gasteiger charge is 2.51. The van der Waals surface area contributed by atoms with Crippen LogP contribution in [0.4, 0.5) is 0 Å². The lowest BCUT2D eigenvalue weighted by molar-refractivity contribution is -0.156. The smallest absolute Gasteiger partial charge is 0.312 e. The van der Waals surface area contributed by atoms with Crippen molar-refractivity contribution >= 4 is 5.97 Å². The highest BCUT2D eigenvalue weighted by atomic mass is 16.5. The molecule has 0 aliphatic heterocycles. The maximum Gasteiger partial charge on any atom is 0.312 e. The number of H-pyrrole nitrogens is 2. The van der Waals surface area contributed by atoms with Gasteiger partial charge in [0.25, 0.3) is 5.56 Å². The molecule has 1 aliphatic carbocycles. The van der Waals surface area contributed by atoms with E-state index in [9.17, 15) is 19.8 Å². The number of ether oxygens (including phenoxy) is 2. The number of esters is 1. The van der Waals surface area contributed by atoms with Crippen LogP contribution >= 0.6 is 0 Å². The molecule has 0 saturated heterocycles. The number of phenolic OH excluding ortho intramolecular Hbond substituents is 1. The number of phenols is 1. The van der Waals surface area contributed by atoms with Crippen LogP contribution < -0.4 is 10.3 Å². The van der Waals surface area contributed by atoms with Gasteiger partial charge in [-0.05, 0) is 24.6 Å². The summed E-state index contributed by atoms with van der Waals surface area (Å²) in [6.07, 6.45) is 0.104. The average Bonchev–Trinajstić information content (AvgIpc) is 2.92. The zero-order chi connectivity index (χ0) is 18.4. The zero-order valence-electron chi connectivity index (χ0n) is 14.1. The Labute approximate surface area is 143 Å². The maximum atomic E-state index is 12.4. The Morgan fingerprint density at radius 1 is 1.32 bits per heavy atom. The van der Waals surface area contributed by atoms with E-state index >= 15 is 0 Å². The third-order valence-corrected chi connectivity index (χ3v) is 4.76. The van der Waals surface area contributed by atoms with E-state index in [0.29, 0.717) is 16.8 Å². The normalized spacial score (nSPS) is 25.3. The first-order valence-electron chi connectivity index (χ1n) is 7.76. The van der Waals surface area contributed by atoms with Gasteiger partial charge in [0.05, 0.1) is 25.7 Å². The Morgan fingerprint density at radius 3 is 2.68 bits per heavy atom. The summed E-state index contributed by atoms with van der Waals surface area (Å²) in [4.78, 5) is 24.8. The van der Waals surface area contributed by atoms with Crippen LogP contribution in [0.3, 0.4) is 0 Å². The average molecular weight is 348 g/mol. The summed E-state index contributed by atoms with van der Waals surface area (Å²) in [6, 6.07) is 4.57. The minimum absolute atomic E-state index is 0.0633. The number of hydrogen-bond acceptors (Lipinski definition) is 6. The second-order valence-electron chi connectivity index (χ2n) is 6.42. The molecule has 3 rings (SSSR count). The highest BCUT2D eigenvalue weighted by Crippen LogP contribution is 2.45. The molecule has 25 heavy (non-hydrogen) atoms. The fraction of sp³-hybridized carbons (Fsp3) is 0.412. The molecule has 134 valence electrons. The van der Waals surface area contributed by atoms with Crippen molar-refractivity contribution in [3.63, 3.8) is 0 Å². The second-order valence-corrected chi connectivity index (χ2v) is 6.42. The third-order valence-electron chi connectivity index (χ3n) is 4.76. The van der Waals surface area contributed by atoms with Gasteiger partial charge in [0.2, 0.25) is 0 Å². The van der Waals surface area contributed by atoms with Gasteiger partial charge >= 0.3 is 5.97 Å². The molecule has 0 saturated carbocycles. The Bertz CT molecular complexity index is 866. The lowest BCUT2D eigenvalue weighted by atomic mass is 9.66. The molecular weight excluding hydrogens is 328 g/mol. The number of aliphatic hydroxyl groups is 1. The quantitative estimate of drug-likeness (QED) is 0.604. The van der Waals surface area contributed by atoms with Crippen LogP contribution in [0.1, 0.15) is 29.7 Å². The van der Waals surface area contributed by atoms with Crippen molar-refractivity contribution in [2.24, 2.45) is 5.92 Å². The Morgan fingerprint density at radius 2 is 2.04 bits per heavy atom. The van der Waals surface area contributed by atoms with Crippen LogP contribution in [0, 0.1) is 5.92 Å². The van der Waals surface area contributed by atoms with E-state index in [2.05, 4.69) is 10.2 Å². The molecule has 0 amide bonds. The van der Waals surface area contributed by atoms with Gasteiger partial charge in [-0.1, -0.05) is 6.07 Å². The summed E-state index contributed by atoms with van der Waals surface area (Å²) in [6.45, 7) is 1.54. The number of aromatic hydroxyl groups is 1. The number of carbonyl (C=O) groups excluding carboxylic acids is 1. The molecule has 1 aromatic carbocycles. The van der Waals surface area contributed by atoms with Crippen LogP contribution in [0.25, 0.3) is 0 Å². The number of nitrogens with one attached hydrogen (secondary N) is 2. The molecule has 0 fully saturated rings. The molecule has 2 aromatic rings. The Balaban J connectivity index is 2.26. The molecule has 3 atom stereocenters. The molecule has 1 heterocycles. The van der Waals surface area contributed by atoms with Crippen molar-refractivity contribution in [3.05, 3.63) is 45.4 Å². The summed E-state index contributed by atoms with van der Waals surface area (Å²) in [5.74, 6) is -2.22. The molecule has 8 nitrogen and oxygen atoms in total. The molecule has 0 radical (unpaired) electrons. The van der Waals surface area contributed by atoms with Crippen molar-refractivity contribution in [2.75, 3.05) is 14.2 Å². The van der Waals surface area contributed by atoms with Crippen molar-refractivity contribution < 1.29 is 24.5 Å². The van der Waals surface area contributed by atoms with Gasteiger partial charge in [-0.25, -0.2) is 0 Å². The first-order valence-corrected chi connectivity index (χ1v) is 7.76. The van der Waals surface area contributed by atoms with Crippen molar-refractivity contribution in [1.82, 2.24) is 10.2 Å². The number of benzene rings is 1. The van der Waals surface area contributed by atoms with Crippen molar-refractivity contribution in [1.29, 1.82) is 0 Å². The Hall–Kier alpha value is -2.74. The Kier molecular flexibility index (Phi) is 4.08. The predicted octanol–water partition coefficient (Wildman–Crippen LogP) is 0.645.